The van der Waals surface area contributed by atoms with Crippen molar-refractivity contribution < 1.29 is 24.2 Å². The molecule has 2 unspecified atom stereocenters. The minimum absolute atomic E-state index is 0.0844. The maximum Gasteiger partial charge on any atom is 0.408 e. The number of aromatic hydroxyl groups is 1. The predicted molar refractivity (Wildman–Crippen MR) is 166 cm³/mol. The van der Waals surface area contributed by atoms with Gasteiger partial charge in [-0.25, -0.2) is 4.79 Å². The third kappa shape index (κ3) is 9.83. The number of rotatable bonds is 13. The van der Waals surface area contributed by atoms with Crippen LogP contribution in [0.4, 0.5) is 4.79 Å². The third-order valence-electron chi connectivity index (χ3n) is 7.12. The molecule has 0 aliphatic rings. The molecule has 42 heavy (non-hydrogen) atoms. The monoisotopic (exact) mass is 577 g/mol. The zero-order valence-electron chi connectivity index (χ0n) is 26.1. The predicted octanol–water partition coefficient (Wildman–Crippen LogP) is 5.87. The van der Waals surface area contributed by atoms with Gasteiger partial charge in [-0.15, -0.1) is 6.42 Å². The molecule has 2 rings (SSSR count). The lowest BCUT2D eigenvalue weighted by molar-refractivity contribution is -0.149. The van der Waals surface area contributed by atoms with Crippen molar-refractivity contribution in [2.45, 2.75) is 104 Å². The second-order valence-corrected chi connectivity index (χ2v) is 12.1. The van der Waals surface area contributed by atoms with E-state index in [1.54, 1.807) is 62.1 Å². The van der Waals surface area contributed by atoms with Crippen molar-refractivity contribution in [3.63, 3.8) is 0 Å². The fourth-order valence-electron chi connectivity index (χ4n) is 4.58. The maximum absolute atomic E-state index is 14.7. The van der Waals surface area contributed by atoms with Crippen LogP contribution in [0.1, 0.15) is 96.9 Å². The van der Waals surface area contributed by atoms with Crippen molar-refractivity contribution in [3.05, 3.63) is 65.2 Å². The summed E-state index contributed by atoms with van der Waals surface area (Å²) in [5, 5.41) is 15.6. The van der Waals surface area contributed by atoms with E-state index in [9.17, 15) is 19.5 Å². The molecule has 0 saturated carbocycles. The average molecular weight is 578 g/mol. The highest BCUT2D eigenvalue weighted by molar-refractivity contribution is 5.93. The number of terminal acetylenes is 1. The summed E-state index contributed by atoms with van der Waals surface area (Å²) in [5.41, 5.74) is 0.147. The number of phenols is 1. The Morgan fingerprint density at radius 2 is 1.64 bits per heavy atom. The molecule has 8 heteroatoms. The van der Waals surface area contributed by atoms with Gasteiger partial charge in [-0.2, -0.15) is 0 Å². The highest BCUT2D eigenvalue weighted by Crippen LogP contribution is 2.34. The zero-order valence-corrected chi connectivity index (χ0v) is 26.1. The first-order chi connectivity index (χ1) is 19.7. The van der Waals surface area contributed by atoms with E-state index < -0.39 is 35.2 Å². The summed E-state index contributed by atoms with van der Waals surface area (Å²) < 4.78 is 5.51. The molecular formula is C34H47N3O5. The van der Waals surface area contributed by atoms with Gasteiger partial charge >= 0.3 is 6.09 Å². The summed E-state index contributed by atoms with van der Waals surface area (Å²) >= 11 is 0. The summed E-state index contributed by atoms with van der Waals surface area (Å²) in [6, 6.07) is 11.4. The van der Waals surface area contributed by atoms with Gasteiger partial charge in [-0.3, -0.25) is 9.59 Å². The highest BCUT2D eigenvalue weighted by atomic mass is 16.6. The van der Waals surface area contributed by atoms with Crippen molar-refractivity contribution >= 4 is 17.9 Å². The summed E-state index contributed by atoms with van der Waals surface area (Å²) in [5.74, 6) is 1.96. The van der Waals surface area contributed by atoms with Gasteiger partial charge in [0.15, 0.2) is 0 Å². The molecule has 0 aliphatic carbocycles. The van der Waals surface area contributed by atoms with E-state index >= 15 is 0 Å². The van der Waals surface area contributed by atoms with Gasteiger partial charge in [0.25, 0.3) is 0 Å². The van der Waals surface area contributed by atoms with Crippen molar-refractivity contribution in [2.24, 2.45) is 0 Å². The molecule has 0 spiro atoms. The summed E-state index contributed by atoms with van der Waals surface area (Å²) in [6.07, 6.45) is 8.51. The van der Waals surface area contributed by atoms with Crippen LogP contribution in [0.5, 0.6) is 5.75 Å². The Bertz CT molecular complexity index is 1240. The topological polar surface area (TPSA) is 108 Å². The second-order valence-electron chi connectivity index (χ2n) is 12.1. The van der Waals surface area contributed by atoms with Gasteiger partial charge in [0.1, 0.15) is 23.4 Å². The third-order valence-corrected chi connectivity index (χ3v) is 7.12. The minimum Gasteiger partial charge on any atom is -0.508 e. The van der Waals surface area contributed by atoms with E-state index in [-0.39, 0.29) is 18.1 Å². The number of hydrogen-bond donors (Lipinski definition) is 3. The van der Waals surface area contributed by atoms with Gasteiger partial charge < -0.3 is 25.4 Å². The fourth-order valence-corrected chi connectivity index (χ4v) is 4.58. The Morgan fingerprint density at radius 3 is 2.21 bits per heavy atom. The number of benzene rings is 2. The molecule has 0 aliphatic heterocycles. The number of alkyl carbamates (subject to hydrolysis) is 1. The molecule has 3 N–H and O–H groups in total. The number of hydrogen-bond acceptors (Lipinski definition) is 5. The first-order valence-electron chi connectivity index (χ1n) is 14.7. The highest BCUT2D eigenvalue weighted by Gasteiger charge is 2.43. The maximum atomic E-state index is 14.7. The lowest BCUT2D eigenvalue weighted by Gasteiger charge is -2.45. The van der Waals surface area contributed by atoms with E-state index in [0.717, 1.165) is 19.3 Å². The Kier molecular flexibility index (Phi) is 12.5. The van der Waals surface area contributed by atoms with Gasteiger partial charge in [0, 0.05) is 24.1 Å². The molecule has 3 amide bonds. The smallest absolute Gasteiger partial charge is 0.408 e. The van der Waals surface area contributed by atoms with Crippen molar-refractivity contribution in [3.8, 4) is 18.1 Å². The SMILES string of the molecule is C#Cc1ccccc1C(C(=O)NCCCCC)N(C(=O)C(Cc1ccc(O)cc1)NC(=O)OC(C)(C)C)C(C)(C)CC. The molecule has 0 heterocycles. The molecule has 228 valence electrons. The van der Waals surface area contributed by atoms with Crippen LogP contribution < -0.4 is 10.6 Å². The largest absolute Gasteiger partial charge is 0.508 e. The van der Waals surface area contributed by atoms with Crippen molar-refractivity contribution in [1.82, 2.24) is 15.5 Å². The Labute approximate surface area is 251 Å². The molecule has 8 nitrogen and oxygen atoms in total. The standard InChI is InChI=1S/C34H47N3O5/c1-9-12-15-22-35-30(39)29(27-17-14-13-16-25(27)10-2)37(34(7,8)11-3)31(40)28(36-32(41)42-33(4,5)6)23-24-18-20-26(38)21-19-24/h2,13-14,16-21,28-29,38H,9,11-12,15,22-23H2,1,3-8H3,(H,35,39)(H,36,41). The van der Waals surface area contributed by atoms with Crippen molar-refractivity contribution in [1.29, 1.82) is 0 Å². The van der Waals surface area contributed by atoms with E-state index in [1.807, 2.05) is 20.8 Å². The van der Waals surface area contributed by atoms with Crippen LogP contribution in [0.25, 0.3) is 0 Å². The fraction of sp³-hybridized carbons (Fsp3) is 0.500. The van der Waals surface area contributed by atoms with E-state index in [1.165, 1.54) is 12.1 Å². The number of nitrogens with zero attached hydrogens (tertiary/aromatic N) is 1. The Balaban J connectivity index is 2.67. The Hall–Kier alpha value is -3.99. The van der Waals surface area contributed by atoms with Crippen LogP contribution in [0.15, 0.2) is 48.5 Å². The zero-order chi connectivity index (χ0) is 31.5. The first-order valence-corrected chi connectivity index (χ1v) is 14.7. The number of amides is 3. The first kappa shape index (κ1) is 34.2. The summed E-state index contributed by atoms with van der Waals surface area (Å²) in [6.45, 7) is 13.5. The van der Waals surface area contributed by atoms with Gasteiger partial charge in [0.05, 0.1) is 0 Å². The quantitative estimate of drug-likeness (QED) is 0.204. The molecule has 2 aromatic rings. The Morgan fingerprint density at radius 1 is 1.00 bits per heavy atom. The van der Waals surface area contributed by atoms with Crippen LogP contribution in [0, 0.1) is 12.3 Å². The van der Waals surface area contributed by atoms with Crippen LogP contribution >= 0.6 is 0 Å². The summed E-state index contributed by atoms with van der Waals surface area (Å²) in [7, 11) is 0. The van der Waals surface area contributed by atoms with Gasteiger partial charge in [-0.1, -0.05) is 62.9 Å². The molecule has 0 saturated heterocycles. The number of ether oxygens (including phenoxy) is 1. The van der Waals surface area contributed by atoms with E-state index in [2.05, 4.69) is 23.5 Å². The molecule has 0 bridgehead atoms. The minimum atomic E-state index is -1.08. The molecule has 2 atom stereocenters. The lowest BCUT2D eigenvalue weighted by Crippen LogP contribution is -2.60. The molecule has 0 fully saturated rings. The second kappa shape index (κ2) is 15.3. The van der Waals surface area contributed by atoms with Crippen LogP contribution in [-0.4, -0.2) is 51.6 Å². The average Bonchev–Trinajstić information content (AvgIpc) is 2.93. The van der Waals surface area contributed by atoms with Crippen LogP contribution in [0.3, 0.4) is 0 Å². The number of carbonyl (C=O) groups excluding carboxylic acids is 3. The molecule has 0 radical (unpaired) electrons. The van der Waals surface area contributed by atoms with Crippen LogP contribution in [0.2, 0.25) is 0 Å². The lowest BCUT2D eigenvalue weighted by atomic mass is 9.89. The molecule has 2 aromatic carbocycles. The number of unbranched alkanes of at least 4 members (excludes halogenated alkanes) is 2. The molecule has 0 aromatic heterocycles. The van der Waals surface area contributed by atoms with E-state index in [4.69, 9.17) is 11.2 Å². The number of nitrogens with one attached hydrogen (secondary N) is 2. The number of carbonyl (C=O) groups is 3. The molecular weight excluding hydrogens is 530 g/mol. The van der Waals surface area contributed by atoms with Crippen molar-refractivity contribution in [2.75, 3.05) is 6.54 Å². The van der Waals surface area contributed by atoms with Gasteiger partial charge in [0.2, 0.25) is 11.8 Å². The summed E-state index contributed by atoms with van der Waals surface area (Å²) in [4.78, 5) is 43.2. The van der Waals surface area contributed by atoms with E-state index in [0.29, 0.717) is 29.7 Å². The van der Waals surface area contributed by atoms with Crippen LogP contribution in [-0.2, 0) is 20.7 Å². The number of phenolic OH excluding ortho intramolecular Hbond substituents is 1. The van der Waals surface area contributed by atoms with Gasteiger partial charge in [-0.05, 0) is 76.8 Å². The normalized spacial score (nSPS) is 12.9.